The summed E-state index contributed by atoms with van der Waals surface area (Å²) in [5.74, 6) is 1.91. The van der Waals surface area contributed by atoms with Crippen LogP contribution in [0.3, 0.4) is 0 Å². The highest BCUT2D eigenvalue weighted by Gasteiger charge is 2.20. The minimum atomic E-state index is 0.900. The first kappa shape index (κ1) is 8.83. The topological polar surface area (TPSA) is 0 Å². The van der Waals surface area contributed by atoms with Crippen LogP contribution in [0.2, 0.25) is 0 Å². The van der Waals surface area contributed by atoms with Crippen molar-refractivity contribution in [3.05, 3.63) is 12.7 Å². The summed E-state index contributed by atoms with van der Waals surface area (Å²) in [4.78, 5) is 0. The minimum absolute atomic E-state index is 0.900. The first-order chi connectivity index (χ1) is 5.34. The zero-order valence-corrected chi connectivity index (χ0v) is 7.55. The van der Waals surface area contributed by atoms with E-state index in [1.807, 2.05) is 0 Å². The third-order valence-corrected chi connectivity index (χ3v) is 2.99. The molecular formula is C11H19. The highest BCUT2D eigenvalue weighted by Crippen LogP contribution is 2.33. The van der Waals surface area contributed by atoms with E-state index in [4.69, 9.17) is 6.58 Å². The summed E-state index contributed by atoms with van der Waals surface area (Å²) in [6.07, 6.45) is 10.0. The highest BCUT2D eigenvalue weighted by atomic mass is 14.3. The van der Waals surface area contributed by atoms with Crippen LogP contribution in [0.15, 0.2) is 6.08 Å². The molecule has 1 radical (unpaired) electrons. The fraction of sp³-hybridized carbons (Fsp3) is 0.818. The lowest BCUT2D eigenvalue weighted by molar-refractivity contribution is 0.348. The van der Waals surface area contributed by atoms with Crippen molar-refractivity contribution in [3.8, 4) is 0 Å². The summed E-state index contributed by atoms with van der Waals surface area (Å²) in [5, 5.41) is 0. The van der Waals surface area contributed by atoms with Gasteiger partial charge in [-0.1, -0.05) is 45.3 Å². The molecule has 0 aromatic rings. The van der Waals surface area contributed by atoms with Gasteiger partial charge in [0, 0.05) is 0 Å². The average molecular weight is 151 g/mol. The van der Waals surface area contributed by atoms with E-state index in [1.54, 1.807) is 6.08 Å². The summed E-state index contributed by atoms with van der Waals surface area (Å²) in [7, 11) is 0. The van der Waals surface area contributed by atoms with Crippen molar-refractivity contribution in [3.63, 3.8) is 0 Å². The molecule has 63 valence electrons. The predicted molar refractivity (Wildman–Crippen MR) is 49.2 cm³/mol. The predicted octanol–water partition coefficient (Wildman–Crippen LogP) is 3.58. The Balaban J connectivity index is 2.16. The second kappa shape index (κ2) is 4.58. The molecule has 1 fully saturated rings. The molecule has 0 nitrogen and oxygen atoms in total. The molecule has 0 heterocycles. The molecular weight excluding hydrogens is 132 g/mol. The van der Waals surface area contributed by atoms with Gasteiger partial charge in [-0.15, -0.1) is 0 Å². The molecule has 1 rings (SSSR count). The average Bonchev–Trinajstić information content (AvgIpc) is 2.52. The van der Waals surface area contributed by atoms with Crippen LogP contribution < -0.4 is 0 Å². The van der Waals surface area contributed by atoms with Crippen LogP contribution in [0.5, 0.6) is 0 Å². The molecule has 0 bridgehead atoms. The van der Waals surface area contributed by atoms with Crippen molar-refractivity contribution in [2.75, 3.05) is 0 Å². The van der Waals surface area contributed by atoms with Crippen LogP contribution in [0.1, 0.15) is 45.4 Å². The molecule has 0 saturated heterocycles. The molecule has 1 unspecified atom stereocenters. The number of hydrogen-bond donors (Lipinski definition) is 0. The van der Waals surface area contributed by atoms with E-state index < -0.39 is 0 Å². The molecule has 11 heavy (non-hydrogen) atoms. The fourth-order valence-corrected chi connectivity index (χ4v) is 2.12. The van der Waals surface area contributed by atoms with Gasteiger partial charge in [0.1, 0.15) is 0 Å². The third-order valence-electron chi connectivity index (χ3n) is 2.99. The van der Waals surface area contributed by atoms with E-state index >= 15 is 0 Å². The lowest BCUT2D eigenvalue weighted by Gasteiger charge is -2.17. The van der Waals surface area contributed by atoms with Crippen molar-refractivity contribution in [1.82, 2.24) is 0 Å². The second-order valence-electron chi connectivity index (χ2n) is 3.83. The molecule has 1 aliphatic carbocycles. The number of allylic oxidation sites excluding steroid dienone is 1. The normalized spacial score (nSPS) is 21.9. The molecule has 0 amide bonds. The Bertz CT molecular complexity index is 109. The monoisotopic (exact) mass is 151 g/mol. The summed E-state index contributed by atoms with van der Waals surface area (Å²) < 4.78 is 0. The highest BCUT2D eigenvalue weighted by molar-refractivity contribution is 4.75. The van der Waals surface area contributed by atoms with Gasteiger partial charge in [0.05, 0.1) is 0 Å². The first-order valence-electron chi connectivity index (χ1n) is 4.88. The van der Waals surface area contributed by atoms with Crippen molar-refractivity contribution < 1.29 is 0 Å². The fourth-order valence-electron chi connectivity index (χ4n) is 2.12. The van der Waals surface area contributed by atoms with Crippen LogP contribution in [0.4, 0.5) is 0 Å². The lowest BCUT2D eigenvalue weighted by atomic mass is 9.89. The summed E-state index contributed by atoms with van der Waals surface area (Å²) in [6.45, 7) is 7.72. The van der Waals surface area contributed by atoms with Crippen molar-refractivity contribution in [2.45, 2.75) is 45.4 Å². The van der Waals surface area contributed by atoms with E-state index in [2.05, 4.69) is 6.92 Å². The molecule has 0 heteroatoms. The Morgan fingerprint density at radius 3 is 2.64 bits per heavy atom. The Morgan fingerprint density at radius 1 is 1.45 bits per heavy atom. The molecule has 1 aliphatic rings. The lowest BCUT2D eigenvalue weighted by Crippen LogP contribution is -2.06. The molecule has 0 aromatic heterocycles. The summed E-state index contributed by atoms with van der Waals surface area (Å²) >= 11 is 0. The largest absolute Gasteiger partial charge is 0.0845 e. The van der Waals surface area contributed by atoms with Crippen LogP contribution in [0, 0.1) is 18.4 Å². The van der Waals surface area contributed by atoms with Crippen molar-refractivity contribution in [1.29, 1.82) is 0 Å². The quantitative estimate of drug-likeness (QED) is 0.576. The second-order valence-corrected chi connectivity index (χ2v) is 3.83. The van der Waals surface area contributed by atoms with E-state index in [-0.39, 0.29) is 0 Å². The standard InChI is InChI=1S/C11H19/c1-3-4-7-10(2)11-8-5-6-9-11/h1,3,10-11H,4-9H2,2H3. The van der Waals surface area contributed by atoms with Crippen LogP contribution >= 0.6 is 0 Å². The van der Waals surface area contributed by atoms with Gasteiger partial charge >= 0.3 is 0 Å². The van der Waals surface area contributed by atoms with Gasteiger partial charge in [0.2, 0.25) is 0 Å². The van der Waals surface area contributed by atoms with Crippen LogP contribution in [-0.2, 0) is 0 Å². The van der Waals surface area contributed by atoms with Crippen LogP contribution in [-0.4, -0.2) is 0 Å². The zero-order chi connectivity index (χ0) is 8.10. The van der Waals surface area contributed by atoms with Crippen LogP contribution in [0.25, 0.3) is 0 Å². The number of rotatable bonds is 4. The van der Waals surface area contributed by atoms with E-state index in [0.717, 1.165) is 18.3 Å². The SMILES string of the molecule is [CH]=CCCC(C)C1CCCC1. The van der Waals surface area contributed by atoms with Gasteiger partial charge in [0.15, 0.2) is 0 Å². The van der Waals surface area contributed by atoms with Gasteiger partial charge in [0.25, 0.3) is 0 Å². The van der Waals surface area contributed by atoms with E-state index in [0.29, 0.717) is 0 Å². The zero-order valence-electron chi connectivity index (χ0n) is 7.55. The Hall–Kier alpha value is -0.260. The van der Waals surface area contributed by atoms with E-state index in [1.165, 1.54) is 32.1 Å². The van der Waals surface area contributed by atoms with Crippen molar-refractivity contribution >= 4 is 0 Å². The van der Waals surface area contributed by atoms with E-state index in [9.17, 15) is 0 Å². The third kappa shape index (κ3) is 2.69. The van der Waals surface area contributed by atoms with Crippen molar-refractivity contribution in [2.24, 2.45) is 11.8 Å². The molecule has 1 saturated carbocycles. The smallest absolute Gasteiger partial charge is 0.0345 e. The van der Waals surface area contributed by atoms with Gasteiger partial charge < -0.3 is 0 Å². The molecule has 0 N–H and O–H groups in total. The molecule has 0 aliphatic heterocycles. The maximum atomic E-state index is 5.35. The molecule has 0 aromatic carbocycles. The first-order valence-corrected chi connectivity index (χ1v) is 4.88. The van der Waals surface area contributed by atoms with Gasteiger partial charge in [-0.3, -0.25) is 0 Å². The van der Waals surface area contributed by atoms with Gasteiger partial charge in [-0.25, -0.2) is 0 Å². The Kier molecular flexibility index (Phi) is 3.68. The maximum absolute atomic E-state index is 5.35. The summed E-state index contributed by atoms with van der Waals surface area (Å²) in [5.41, 5.74) is 0. The summed E-state index contributed by atoms with van der Waals surface area (Å²) in [6, 6.07) is 0. The van der Waals surface area contributed by atoms with Gasteiger partial charge in [-0.2, -0.15) is 0 Å². The van der Waals surface area contributed by atoms with Gasteiger partial charge in [-0.05, 0) is 24.7 Å². The Morgan fingerprint density at radius 2 is 2.09 bits per heavy atom. The molecule has 1 atom stereocenters. The maximum Gasteiger partial charge on any atom is -0.0345 e. The minimum Gasteiger partial charge on any atom is -0.0845 e. The molecule has 0 spiro atoms. The number of hydrogen-bond acceptors (Lipinski definition) is 0. The Labute approximate surface area is 70.7 Å².